The molecule has 1 aliphatic heterocycles. The van der Waals surface area contributed by atoms with E-state index in [1.165, 1.54) is 0 Å². The fourth-order valence-corrected chi connectivity index (χ4v) is 1.81. The second-order valence-electron chi connectivity index (χ2n) is 4.02. The zero-order chi connectivity index (χ0) is 12.4. The number of ether oxygens (including phenoxy) is 2. The number of benzene rings is 1. The van der Waals surface area contributed by atoms with Gasteiger partial charge < -0.3 is 14.4 Å². The van der Waals surface area contributed by atoms with E-state index in [2.05, 4.69) is 0 Å². The molecule has 0 saturated carbocycles. The number of hydrogen-bond donors (Lipinski definition) is 0. The molecule has 0 aromatic heterocycles. The first-order valence-electron chi connectivity index (χ1n) is 5.35. The molecule has 2 rings (SSSR count). The summed E-state index contributed by atoms with van der Waals surface area (Å²) in [5.41, 5.74) is 1.45. The van der Waals surface area contributed by atoms with Crippen LogP contribution in [0.3, 0.4) is 0 Å². The molecule has 0 bridgehead atoms. The Morgan fingerprint density at radius 1 is 1.35 bits per heavy atom. The Kier molecular flexibility index (Phi) is 3.04. The van der Waals surface area contributed by atoms with Crippen molar-refractivity contribution in [2.75, 3.05) is 27.8 Å². The highest BCUT2D eigenvalue weighted by molar-refractivity contribution is 6.23. The molecule has 17 heavy (non-hydrogen) atoms. The van der Waals surface area contributed by atoms with Crippen LogP contribution in [0.15, 0.2) is 30.1 Å². The van der Waals surface area contributed by atoms with E-state index in [0.29, 0.717) is 11.5 Å². The first-order valence-corrected chi connectivity index (χ1v) is 5.35. The van der Waals surface area contributed by atoms with Crippen LogP contribution in [0.1, 0.15) is 5.56 Å². The average Bonchev–Trinajstić information content (AvgIpc) is 2.71. The number of ketones is 1. The molecule has 0 N–H and O–H groups in total. The van der Waals surface area contributed by atoms with E-state index in [9.17, 15) is 4.79 Å². The predicted octanol–water partition coefficient (Wildman–Crippen LogP) is 1.52. The molecule has 0 aliphatic carbocycles. The van der Waals surface area contributed by atoms with Crippen LogP contribution in [-0.4, -0.2) is 38.5 Å². The third-order valence-electron chi connectivity index (χ3n) is 2.60. The minimum absolute atomic E-state index is 0.00181. The molecular formula is C13H15NO3. The summed E-state index contributed by atoms with van der Waals surface area (Å²) in [5.74, 6) is 1.35. The summed E-state index contributed by atoms with van der Waals surface area (Å²) in [5, 5.41) is 0. The van der Waals surface area contributed by atoms with E-state index >= 15 is 0 Å². The van der Waals surface area contributed by atoms with Gasteiger partial charge in [0, 0.05) is 14.1 Å². The first kappa shape index (κ1) is 11.5. The number of carbonyl (C=O) groups excluding carboxylic acids is 1. The summed E-state index contributed by atoms with van der Waals surface area (Å²) in [6, 6.07) is 7.43. The van der Waals surface area contributed by atoms with Crippen molar-refractivity contribution >= 4 is 11.4 Å². The maximum Gasteiger partial charge on any atom is 0.206 e. The topological polar surface area (TPSA) is 38.8 Å². The van der Waals surface area contributed by atoms with Crippen molar-refractivity contribution in [2.24, 2.45) is 0 Å². The number of carbonyl (C=O) groups is 1. The van der Waals surface area contributed by atoms with E-state index in [0.717, 1.165) is 11.3 Å². The van der Waals surface area contributed by atoms with Crippen molar-refractivity contribution in [3.05, 3.63) is 35.7 Å². The summed E-state index contributed by atoms with van der Waals surface area (Å²) in [6.45, 7) is 0.111. The lowest BCUT2D eigenvalue weighted by molar-refractivity contribution is -0.115. The highest BCUT2D eigenvalue weighted by Crippen LogP contribution is 2.29. The predicted molar refractivity (Wildman–Crippen MR) is 64.6 cm³/mol. The van der Waals surface area contributed by atoms with Crippen LogP contribution >= 0.6 is 0 Å². The lowest BCUT2D eigenvalue weighted by atomic mass is 10.0. The normalized spacial score (nSPS) is 14.9. The van der Waals surface area contributed by atoms with Gasteiger partial charge in [0.2, 0.25) is 11.7 Å². The van der Waals surface area contributed by atoms with Crippen LogP contribution in [0.2, 0.25) is 0 Å². The van der Waals surface area contributed by atoms with Gasteiger partial charge in [-0.2, -0.15) is 0 Å². The second kappa shape index (κ2) is 4.49. The van der Waals surface area contributed by atoms with Gasteiger partial charge in [-0.15, -0.1) is 0 Å². The molecular weight excluding hydrogens is 218 g/mol. The van der Waals surface area contributed by atoms with Gasteiger partial charge in [0.1, 0.15) is 5.75 Å². The monoisotopic (exact) mass is 233 g/mol. The number of rotatable bonds is 3. The molecule has 1 heterocycles. The van der Waals surface area contributed by atoms with E-state index in [4.69, 9.17) is 9.47 Å². The maximum absolute atomic E-state index is 11.8. The Hall–Kier alpha value is -1.97. The molecule has 90 valence electrons. The van der Waals surface area contributed by atoms with E-state index < -0.39 is 0 Å². The van der Waals surface area contributed by atoms with Crippen LogP contribution in [-0.2, 0) is 9.53 Å². The molecule has 0 spiro atoms. The van der Waals surface area contributed by atoms with E-state index in [-0.39, 0.29) is 12.4 Å². The summed E-state index contributed by atoms with van der Waals surface area (Å²) in [4.78, 5) is 13.6. The Bertz CT molecular complexity index is 477. The van der Waals surface area contributed by atoms with Crippen molar-refractivity contribution in [1.82, 2.24) is 4.90 Å². The number of nitrogens with zero attached hydrogens (tertiary/aromatic N) is 1. The highest BCUT2D eigenvalue weighted by Gasteiger charge is 2.27. The van der Waals surface area contributed by atoms with Gasteiger partial charge in [0.05, 0.1) is 12.7 Å². The van der Waals surface area contributed by atoms with E-state index in [1.54, 1.807) is 12.0 Å². The summed E-state index contributed by atoms with van der Waals surface area (Å²) >= 11 is 0. The van der Waals surface area contributed by atoms with Crippen molar-refractivity contribution in [3.63, 3.8) is 0 Å². The van der Waals surface area contributed by atoms with E-state index in [1.807, 2.05) is 38.4 Å². The van der Waals surface area contributed by atoms with Gasteiger partial charge in [0.15, 0.2) is 6.61 Å². The number of Topliss-reactive ketones (excluding diaryl/α,β-unsaturated/α-hetero) is 1. The van der Waals surface area contributed by atoms with Crippen LogP contribution in [0.4, 0.5) is 0 Å². The SMILES string of the molecule is COc1cccc(C2=C(N(C)C)OCC2=O)c1. The Labute approximate surface area is 100 Å². The second-order valence-corrected chi connectivity index (χ2v) is 4.02. The zero-order valence-corrected chi connectivity index (χ0v) is 10.2. The minimum atomic E-state index is 0.00181. The molecule has 1 aliphatic rings. The zero-order valence-electron chi connectivity index (χ0n) is 10.2. The lowest BCUT2D eigenvalue weighted by Crippen LogP contribution is -2.12. The lowest BCUT2D eigenvalue weighted by Gasteiger charge is -2.14. The molecule has 1 aromatic carbocycles. The van der Waals surface area contributed by atoms with Gasteiger partial charge in [-0.05, 0) is 17.7 Å². The van der Waals surface area contributed by atoms with Gasteiger partial charge in [-0.25, -0.2) is 0 Å². The molecule has 0 fully saturated rings. The van der Waals surface area contributed by atoms with Crippen LogP contribution in [0.25, 0.3) is 5.57 Å². The van der Waals surface area contributed by atoms with Crippen molar-refractivity contribution in [3.8, 4) is 5.75 Å². The third kappa shape index (κ3) is 2.11. The quantitative estimate of drug-likeness (QED) is 0.793. The number of methoxy groups -OCH3 is 1. The Balaban J connectivity index is 2.49. The highest BCUT2D eigenvalue weighted by atomic mass is 16.5. The van der Waals surface area contributed by atoms with Crippen LogP contribution in [0.5, 0.6) is 5.75 Å². The van der Waals surface area contributed by atoms with Crippen LogP contribution < -0.4 is 4.74 Å². The number of hydrogen-bond acceptors (Lipinski definition) is 4. The molecule has 0 saturated heterocycles. The fraction of sp³-hybridized carbons (Fsp3) is 0.308. The average molecular weight is 233 g/mol. The molecule has 0 radical (unpaired) electrons. The van der Waals surface area contributed by atoms with Gasteiger partial charge >= 0.3 is 0 Å². The van der Waals surface area contributed by atoms with Gasteiger partial charge in [0.25, 0.3) is 0 Å². The summed E-state index contributed by atoms with van der Waals surface area (Å²) in [7, 11) is 5.32. The first-order chi connectivity index (χ1) is 8.13. The standard InChI is InChI=1S/C13H15NO3/c1-14(2)13-12(11(15)8-17-13)9-5-4-6-10(7-9)16-3/h4-7H,8H2,1-3H3. The molecule has 0 amide bonds. The molecule has 1 aromatic rings. The van der Waals surface area contributed by atoms with Crippen LogP contribution in [0, 0.1) is 0 Å². The van der Waals surface area contributed by atoms with Crippen molar-refractivity contribution in [2.45, 2.75) is 0 Å². The largest absolute Gasteiger partial charge is 0.497 e. The molecule has 0 atom stereocenters. The van der Waals surface area contributed by atoms with Gasteiger partial charge in [-0.3, -0.25) is 4.79 Å². The summed E-state index contributed by atoms with van der Waals surface area (Å²) < 4.78 is 10.5. The smallest absolute Gasteiger partial charge is 0.206 e. The van der Waals surface area contributed by atoms with Crippen molar-refractivity contribution in [1.29, 1.82) is 0 Å². The maximum atomic E-state index is 11.8. The minimum Gasteiger partial charge on any atom is -0.497 e. The molecule has 4 heteroatoms. The Morgan fingerprint density at radius 2 is 2.12 bits per heavy atom. The third-order valence-corrected chi connectivity index (χ3v) is 2.60. The summed E-state index contributed by atoms with van der Waals surface area (Å²) in [6.07, 6.45) is 0. The molecule has 0 unspecified atom stereocenters. The van der Waals surface area contributed by atoms with Crippen molar-refractivity contribution < 1.29 is 14.3 Å². The molecule has 4 nitrogen and oxygen atoms in total. The van der Waals surface area contributed by atoms with Gasteiger partial charge in [-0.1, -0.05) is 12.1 Å². The Morgan fingerprint density at radius 3 is 2.76 bits per heavy atom. The fourth-order valence-electron chi connectivity index (χ4n) is 1.81.